The fraction of sp³-hybridized carbons (Fsp3) is 0.632. The Hall–Kier alpha value is -1.95. The van der Waals surface area contributed by atoms with Crippen molar-refractivity contribution in [1.82, 2.24) is 10.6 Å². The first-order chi connectivity index (χ1) is 12.1. The number of guanidine groups is 1. The standard InChI is InChI=1S/C19H33N3O3/c1-5-20-19(21-10-6-7-15(2)3)22-14-16-8-9-17(25-12-11-23)18(13-16)24-4/h8-9,13,15,23H,5-7,10-12,14H2,1-4H3,(H2,20,21,22). The van der Waals surface area contributed by atoms with Crippen molar-refractivity contribution < 1.29 is 14.6 Å². The van der Waals surface area contributed by atoms with Crippen molar-refractivity contribution in [2.75, 3.05) is 33.4 Å². The molecule has 1 rings (SSSR count). The van der Waals surface area contributed by atoms with Gasteiger partial charge in [-0.2, -0.15) is 0 Å². The van der Waals surface area contributed by atoms with Crippen LogP contribution in [0.5, 0.6) is 11.5 Å². The van der Waals surface area contributed by atoms with Gasteiger partial charge < -0.3 is 25.2 Å². The van der Waals surface area contributed by atoms with Crippen LogP contribution in [0.15, 0.2) is 23.2 Å². The van der Waals surface area contributed by atoms with Gasteiger partial charge in [0.15, 0.2) is 17.5 Å². The molecule has 0 aliphatic carbocycles. The Morgan fingerprint density at radius 2 is 2.04 bits per heavy atom. The Bertz CT molecular complexity index is 519. The number of nitrogens with zero attached hydrogens (tertiary/aromatic N) is 1. The molecule has 0 amide bonds. The molecular formula is C19H33N3O3. The van der Waals surface area contributed by atoms with E-state index in [4.69, 9.17) is 14.6 Å². The second-order valence-electron chi connectivity index (χ2n) is 6.22. The van der Waals surface area contributed by atoms with Gasteiger partial charge in [0.1, 0.15) is 6.61 Å². The number of ether oxygens (including phenoxy) is 2. The summed E-state index contributed by atoms with van der Waals surface area (Å²) in [6, 6.07) is 5.72. The maximum Gasteiger partial charge on any atom is 0.191 e. The van der Waals surface area contributed by atoms with Gasteiger partial charge in [-0.15, -0.1) is 0 Å². The molecule has 0 radical (unpaired) electrons. The minimum Gasteiger partial charge on any atom is -0.493 e. The van der Waals surface area contributed by atoms with Crippen molar-refractivity contribution in [3.8, 4) is 11.5 Å². The second kappa shape index (κ2) is 12.4. The normalized spacial score (nSPS) is 11.5. The van der Waals surface area contributed by atoms with E-state index in [0.29, 0.717) is 18.0 Å². The van der Waals surface area contributed by atoms with Crippen LogP contribution in [0.3, 0.4) is 0 Å². The van der Waals surface area contributed by atoms with E-state index in [1.165, 1.54) is 6.42 Å². The lowest BCUT2D eigenvalue weighted by molar-refractivity contribution is 0.196. The summed E-state index contributed by atoms with van der Waals surface area (Å²) < 4.78 is 10.8. The molecule has 0 spiro atoms. The molecular weight excluding hydrogens is 318 g/mol. The number of hydrogen-bond acceptors (Lipinski definition) is 4. The molecule has 1 aromatic carbocycles. The molecule has 25 heavy (non-hydrogen) atoms. The molecule has 142 valence electrons. The van der Waals surface area contributed by atoms with Crippen LogP contribution in [0, 0.1) is 5.92 Å². The summed E-state index contributed by atoms with van der Waals surface area (Å²) in [5.41, 5.74) is 1.03. The molecule has 0 saturated carbocycles. The van der Waals surface area contributed by atoms with Gasteiger partial charge in [-0.1, -0.05) is 19.9 Å². The fourth-order valence-corrected chi connectivity index (χ4v) is 2.31. The predicted molar refractivity (Wildman–Crippen MR) is 102 cm³/mol. The third-order valence-electron chi connectivity index (χ3n) is 3.59. The molecule has 0 saturated heterocycles. The van der Waals surface area contributed by atoms with Gasteiger partial charge >= 0.3 is 0 Å². The van der Waals surface area contributed by atoms with Crippen LogP contribution in [0.1, 0.15) is 39.2 Å². The van der Waals surface area contributed by atoms with Crippen molar-refractivity contribution in [2.45, 2.75) is 40.2 Å². The van der Waals surface area contributed by atoms with Crippen LogP contribution in [0.2, 0.25) is 0 Å². The number of benzene rings is 1. The third kappa shape index (κ3) is 8.63. The van der Waals surface area contributed by atoms with Crippen LogP contribution in [-0.4, -0.2) is 44.5 Å². The van der Waals surface area contributed by atoms with Gasteiger partial charge in [-0.05, 0) is 43.4 Å². The third-order valence-corrected chi connectivity index (χ3v) is 3.59. The molecule has 0 atom stereocenters. The maximum absolute atomic E-state index is 8.86. The van der Waals surface area contributed by atoms with Crippen LogP contribution in [0.4, 0.5) is 0 Å². The lowest BCUT2D eigenvalue weighted by atomic mass is 10.1. The summed E-state index contributed by atoms with van der Waals surface area (Å²) in [4.78, 5) is 4.63. The van der Waals surface area contributed by atoms with Gasteiger partial charge in [0.05, 0.1) is 20.3 Å². The molecule has 0 aliphatic rings. The van der Waals surface area contributed by atoms with Crippen molar-refractivity contribution in [3.63, 3.8) is 0 Å². The first kappa shape index (κ1) is 21.1. The summed E-state index contributed by atoms with van der Waals surface area (Å²) in [5, 5.41) is 15.5. The Morgan fingerprint density at radius 1 is 1.24 bits per heavy atom. The highest BCUT2D eigenvalue weighted by molar-refractivity contribution is 5.79. The van der Waals surface area contributed by atoms with E-state index >= 15 is 0 Å². The zero-order valence-electron chi connectivity index (χ0n) is 16.0. The average molecular weight is 351 g/mol. The lowest BCUT2D eigenvalue weighted by Crippen LogP contribution is -2.37. The quantitative estimate of drug-likeness (QED) is 0.325. The summed E-state index contributed by atoms with van der Waals surface area (Å²) in [7, 11) is 1.61. The summed E-state index contributed by atoms with van der Waals surface area (Å²) in [6.07, 6.45) is 2.34. The number of aliphatic hydroxyl groups is 1. The number of aliphatic hydroxyl groups excluding tert-OH is 1. The molecule has 0 bridgehead atoms. The van der Waals surface area contributed by atoms with E-state index in [9.17, 15) is 0 Å². The lowest BCUT2D eigenvalue weighted by Gasteiger charge is -2.13. The topological polar surface area (TPSA) is 75.1 Å². The van der Waals surface area contributed by atoms with Crippen LogP contribution >= 0.6 is 0 Å². The molecule has 0 unspecified atom stereocenters. The van der Waals surface area contributed by atoms with Gasteiger partial charge in [0, 0.05) is 13.1 Å². The molecule has 0 aromatic heterocycles. The Labute approximate surface area is 151 Å². The second-order valence-corrected chi connectivity index (χ2v) is 6.22. The zero-order chi connectivity index (χ0) is 18.5. The summed E-state index contributed by atoms with van der Waals surface area (Å²) in [5.74, 6) is 2.82. The van der Waals surface area contributed by atoms with Gasteiger partial charge in [-0.25, -0.2) is 4.99 Å². The Morgan fingerprint density at radius 3 is 2.68 bits per heavy atom. The minimum absolute atomic E-state index is 0.0241. The first-order valence-corrected chi connectivity index (χ1v) is 9.03. The van der Waals surface area contributed by atoms with Crippen molar-refractivity contribution >= 4 is 5.96 Å². The maximum atomic E-state index is 8.86. The highest BCUT2D eigenvalue weighted by Gasteiger charge is 2.06. The number of rotatable bonds is 11. The molecule has 6 nitrogen and oxygen atoms in total. The molecule has 1 aromatic rings. The number of methoxy groups -OCH3 is 1. The molecule has 3 N–H and O–H groups in total. The Balaban J connectivity index is 2.64. The van der Waals surface area contributed by atoms with Crippen molar-refractivity contribution in [1.29, 1.82) is 0 Å². The number of aliphatic imine (C=N–C) groups is 1. The van der Waals surface area contributed by atoms with Gasteiger partial charge in [0.2, 0.25) is 0 Å². The number of nitrogens with one attached hydrogen (secondary N) is 2. The SMILES string of the molecule is CCNC(=NCc1ccc(OCCO)c(OC)c1)NCCCC(C)C. The highest BCUT2D eigenvalue weighted by atomic mass is 16.5. The van der Waals surface area contributed by atoms with E-state index in [-0.39, 0.29) is 13.2 Å². The molecule has 0 aliphatic heterocycles. The minimum atomic E-state index is -0.0241. The van der Waals surface area contributed by atoms with E-state index in [2.05, 4.69) is 36.4 Å². The largest absolute Gasteiger partial charge is 0.493 e. The summed E-state index contributed by atoms with van der Waals surface area (Å²) in [6.45, 7) is 9.05. The van der Waals surface area contributed by atoms with E-state index in [1.54, 1.807) is 7.11 Å². The van der Waals surface area contributed by atoms with Gasteiger partial charge in [0.25, 0.3) is 0 Å². The van der Waals surface area contributed by atoms with Crippen LogP contribution in [0.25, 0.3) is 0 Å². The molecule has 6 heteroatoms. The monoisotopic (exact) mass is 351 g/mol. The molecule has 0 heterocycles. The van der Waals surface area contributed by atoms with E-state index in [0.717, 1.165) is 37.0 Å². The smallest absolute Gasteiger partial charge is 0.191 e. The average Bonchev–Trinajstić information content (AvgIpc) is 2.61. The summed E-state index contributed by atoms with van der Waals surface area (Å²) >= 11 is 0. The Kier molecular flexibility index (Phi) is 10.5. The van der Waals surface area contributed by atoms with Crippen molar-refractivity contribution in [2.24, 2.45) is 10.9 Å². The van der Waals surface area contributed by atoms with Crippen LogP contribution < -0.4 is 20.1 Å². The van der Waals surface area contributed by atoms with Gasteiger partial charge in [-0.3, -0.25) is 0 Å². The van der Waals surface area contributed by atoms with E-state index in [1.807, 2.05) is 18.2 Å². The van der Waals surface area contributed by atoms with Crippen LogP contribution in [-0.2, 0) is 6.54 Å². The molecule has 0 fully saturated rings. The highest BCUT2D eigenvalue weighted by Crippen LogP contribution is 2.28. The predicted octanol–water partition coefficient (Wildman–Crippen LogP) is 2.56. The number of hydrogen-bond donors (Lipinski definition) is 3. The zero-order valence-corrected chi connectivity index (χ0v) is 16.0. The fourth-order valence-electron chi connectivity index (χ4n) is 2.31. The first-order valence-electron chi connectivity index (χ1n) is 9.03. The van der Waals surface area contributed by atoms with Crippen molar-refractivity contribution in [3.05, 3.63) is 23.8 Å². The van der Waals surface area contributed by atoms with E-state index < -0.39 is 0 Å².